The Morgan fingerprint density at radius 3 is 2.36 bits per heavy atom. The van der Waals surface area contributed by atoms with Crippen molar-refractivity contribution in [2.75, 3.05) is 0 Å². The zero-order valence-corrected chi connectivity index (χ0v) is 8.06. The van der Waals surface area contributed by atoms with Crippen molar-refractivity contribution in [1.29, 1.82) is 0 Å². The highest BCUT2D eigenvalue weighted by Crippen LogP contribution is 2.36. The van der Waals surface area contributed by atoms with Crippen molar-refractivity contribution in [1.82, 2.24) is 0 Å². The van der Waals surface area contributed by atoms with Crippen LogP contribution in [0.15, 0.2) is 0 Å². The van der Waals surface area contributed by atoms with Gasteiger partial charge in [0.2, 0.25) is 0 Å². The van der Waals surface area contributed by atoms with Crippen molar-refractivity contribution in [3.05, 3.63) is 0 Å². The van der Waals surface area contributed by atoms with Crippen molar-refractivity contribution in [3.63, 3.8) is 0 Å². The SMILES string of the molecule is CC1(C)CCC(OP=O)CC1. The molecule has 0 aliphatic heterocycles. The maximum absolute atomic E-state index is 10.1. The molecule has 1 aliphatic carbocycles. The van der Waals surface area contributed by atoms with Gasteiger partial charge in [0.15, 0.2) is 0 Å². The molecule has 0 aromatic heterocycles. The van der Waals surface area contributed by atoms with Crippen LogP contribution in [0.4, 0.5) is 0 Å². The van der Waals surface area contributed by atoms with Crippen LogP contribution in [-0.2, 0) is 9.09 Å². The number of rotatable bonds is 2. The summed E-state index contributed by atoms with van der Waals surface area (Å²) in [6, 6.07) is 0. The minimum atomic E-state index is -0.161. The van der Waals surface area contributed by atoms with Crippen molar-refractivity contribution < 1.29 is 9.09 Å². The Morgan fingerprint density at radius 2 is 1.91 bits per heavy atom. The first-order valence-electron chi connectivity index (χ1n) is 4.12. The zero-order valence-electron chi connectivity index (χ0n) is 7.17. The van der Waals surface area contributed by atoms with Gasteiger partial charge in [0.05, 0.1) is 6.10 Å². The number of hydrogen-bond acceptors (Lipinski definition) is 2. The lowest BCUT2D eigenvalue weighted by molar-refractivity contribution is 0.110. The fraction of sp³-hybridized carbons (Fsp3) is 1.00. The molecule has 64 valence electrons. The Morgan fingerprint density at radius 1 is 1.36 bits per heavy atom. The molecule has 0 atom stereocenters. The molecule has 0 bridgehead atoms. The van der Waals surface area contributed by atoms with Gasteiger partial charge >= 0.3 is 8.69 Å². The van der Waals surface area contributed by atoms with Crippen molar-refractivity contribution in [2.24, 2.45) is 5.41 Å². The van der Waals surface area contributed by atoms with Crippen LogP contribution in [0, 0.1) is 5.41 Å². The highest BCUT2D eigenvalue weighted by Gasteiger charge is 2.27. The molecule has 3 heteroatoms. The normalized spacial score (nSPS) is 25.6. The Balaban J connectivity index is 2.30. The summed E-state index contributed by atoms with van der Waals surface area (Å²) < 4.78 is 15.1. The van der Waals surface area contributed by atoms with E-state index >= 15 is 0 Å². The van der Waals surface area contributed by atoms with Gasteiger partial charge in [-0.3, -0.25) is 4.52 Å². The lowest BCUT2D eigenvalue weighted by atomic mass is 9.76. The molecular weight excluding hydrogens is 159 g/mol. The molecule has 0 saturated heterocycles. The summed E-state index contributed by atoms with van der Waals surface area (Å²) in [6.45, 7) is 4.55. The molecule has 1 fully saturated rings. The third-order valence-electron chi connectivity index (χ3n) is 2.48. The van der Waals surface area contributed by atoms with Crippen molar-refractivity contribution >= 4 is 8.69 Å². The van der Waals surface area contributed by atoms with Crippen LogP contribution in [0.3, 0.4) is 0 Å². The van der Waals surface area contributed by atoms with Crippen molar-refractivity contribution in [3.8, 4) is 0 Å². The largest absolute Gasteiger partial charge is 0.327 e. The molecule has 0 aromatic carbocycles. The average Bonchev–Trinajstić information content (AvgIpc) is 1.94. The maximum atomic E-state index is 10.1. The van der Waals surface area contributed by atoms with Gasteiger partial charge in [-0.15, -0.1) is 0 Å². The molecule has 0 spiro atoms. The highest BCUT2D eigenvalue weighted by atomic mass is 31.1. The Kier molecular flexibility index (Phi) is 3.03. The van der Waals surface area contributed by atoms with Gasteiger partial charge in [0, 0.05) is 0 Å². The first-order valence-corrected chi connectivity index (χ1v) is 4.85. The zero-order chi connectivity index (χ0) is 8.32. The van der Waals surface area contributed by atoms with Crippen LogP contribution in [0.25, 0.3) is 0 Å². The lowest BCUT2D eigenvalue weighted by Crippen LogP contribution is -2.24. The van der Waals surface area contributed by atoms with Gasteiger partial charge in [0.25, 0.3) is 0 Å². The van der Waals surface area contributed by atoms with Gasteiger partial charge < -0.3 is 0 Å². The predicted octanol–water partition coefficient (Wildman–Crippen LogP) is 3.18. The van der Waals surface area contributed by atoms with E-state index in [1.807, 2.05) is 0 Å². The van der Waals surface area contributed by atoms with E-state index in [9.17, 15) is 4.57 Å². The predicted molar refractivity (Wildman–Crippen MR) is 44.7 cm³/mol. The fourth-order valence-electron chi connectivity index (χ4n) is 1.54. The van der Waals surface area contributed by atoms with Crippen LogP contribution in [0.1, 0.15) is 39.5 Å². The summed E-state index contributed by atoms with van der Waals surface area (Å²) >= 11 is 0. The minimum absolute atomic E-state index is 0.161. The van der Waals surface area contributed by atoms with Gasteiger partial charge in [-0.25, -0.2) is 4.57 Å². The third kappa shape index (κ3) is 2.88. The summed E-state index contributed by atoms with van der Waals surface area (Å²) in [5, 5.41) is 0. The van der Waals surface area contributed by atoms with E-state index in [1.165, 1.54) is 12.8 Å². The van der Waals surface area contributed by atoms with Gasteiger partial charge in [0.1, 0.15) is 0 Å². The fourth-order valence-corrected chi connectivity index (χ4v) is 1.87. The number of hydrogen-bond donors (Lipinski definition) is 0. The van der Waals surface area contributed by atoms with Crippen LogP contribution >= 0.6 is 8.69 Å². The summed E-state index contributed by atoms with van der Waals surface area (Å²) in [6.07, 6.45) is 4.73. The first kappa shape index (κ1) is 9.15. The van der Waals surface area contributed by atoms with Crippen LogP contribution in [0.5, 0.6) is 0 Å². The summed E-state index contributed by atoms with van der Waals surface area (Å²) in [7, 11) is -0.161. The van der Waals surface area contributed by atoms with Crippen LogP contribution in [0.2, 0.25) is 0 Å². The molecule has 0 radical (unpaired) electrons. The molecule has 0 unspecified atom stereocenters. The van der Waals surface area contributed by atoms with E-state index in [1.54, 1.807) is 0 Å². The molecule has 1 aliphatic rings. The topological polar surface area (TPSA) is 26.3 Å². The second-order valence-corrected chi connectivity index (χ2v) is 4.40. The summed E-state index contributed by atoms with van der Waals surface area (Å²) in [5.74, 6) is 0. The van der Waals surface area contributed by atoms with Gasteiger partial charge in [-0.1, -0.05) is 13.8 Å². The van der Waals surface area contributed by atoms with Crippen LogP contribution in [-0.4, -0.2) is 6.10 Å². The first-order chi connectivity index (χ1) is 5.14. The quantitative estimate of drug-likeness (QED) is 0.601. The summed E-state index contributed by atoms with van der Waals surface area (Å²) in [4.78, 5) is 0. The maximum Gasteiger partial charge on any atom is 0.327 e. The lowest BCUT2D eigenvalue weighted by Gasteiger charge is -2.32. The minimum Gasteiger partial charge on any atom is -0.291 e. The Labute approximate surface area is 69.6 Å². The molecule has 2 nitrogen and oxygen atoms in total. The monoisotopic (exact) mass is 174 g/mol. The molecule has 0 amide bonds. The average molecular weight is 174 g/mol. The van der Waals surface area contributed by atoms with Gasteiger partial charge in [-0.2, -0.15) is 0 Å². The smallest absolute Gasteiger partial charge is 0.291 e. The van der Waals surface area contributed by atoms with E-state index < -0.39 is 0 Å². The third-order valence-corrected chi connectivity index (χ3v) is 2.86. The van der Waals surface area contributed by atoms with E-state index in [2.05, 4.69) is 13.8 Å². The van der Waals surface area contributed by atoms with E-state index in [0.717, 1.165) is 12.8 Å². The Hall–Kier alpha value is 0.0600. The van der Waals surface area contributed by atoms with E-state index in [-0.39, 0.29) is 14.8 Å². The second-order valence-electron chi connectivity index (χ2n) is 4.04. The molecule has 0 aromatic rings. The summed E-state index contributed by atoms with van der Waals surface area (Å²) in [5.41, 5.74) is 0.472. The van der Waals surface area contributed by atoms with E-state index in [0.29, 0.717) is 5.41 Å². The van der Waals surface area contributed by atoms with E-state index in [4.69, 9.17) is 4.52 Å². The molecule has 11 heavy (non-hydrogen) atoms. The van der Waals surface area contributed by atoms with Crippen molar-refractivity contribution in [2.45, 2.75) is 45.6 Å². The molecule has 0 N–H and O–H groups in total. The van der Waals surface area contributed by atoms with Gasteiger partial charge in [-0.05, 0) is 31.1 Å². The second kappa shape index (κ2) is 3.64. The van der Waals surface area contributed by atoms with Crippen LogP contribution < -0.4 is 0 Å². The standard InChI is InChI=1S/C8H15O2P/c1-8(2)5-3-7(4-6-8)10-11-9/h7H,3-6H2,1-2H3. The Bertz CT molecular complexity index is 135. The highest BCUT2D eigenvalue weighted by molar-refractivity contribution is 7.17. The molecular formula is C8H15O2P. The molecule has 1 saturated carbocycles. The molecule has 0 heterocycles. The molecule has 1 rings (SSSR count).